The minimum absolute atomic E-state index is 0.544. The summed E-state index contributed by atoms with van der Waals surface area (Å²) < 4.78 is 7.01. The lowest BCUT2D eigenvalue weighted by Crippen LogP contribution is -2.37. The number of guanidine groups is 1. The molecule has 6 nitrogen and oxygen atoms in total. The Kier molecular flexibility index (Phi) is 6.47. The van der Waals surface area contributed by atoms with Crippen molar-refractivity contribution < 1.29 is 4.74 Å². The summed E-state index contributed by atoms with van der Waals surface area (Å²) in [5.41, 5.74) is 1.92. The lowest BCUT2D eigenvalue weighted by molar-refractivity contribution is 0.414. The number of methoxy groups -OCH3 is 1. The number of aliphatic imine (C=N–C) groups is 1. The van der Waals surface area contributed by atoms with E-state index in [2.05, 4.69) is 34.6 Å². The number of aromatic nitrogens is 2. The molecule has 0 fully saturated rings. The van der Waals surface area contributed by atoms with Crippen LogP contribution in [0.3, 0.4) is 0 Å². The largest absolute Gasteiger partial charge is 0.497 e. The molecule has 124 valence electrons. The van der Waals surface area contributed by atoms with Crippen LogP contribution in [-0.4, -0.2) is 35.9 Å². The van der Waals surface area contributed by atoms with Gasteiger partial charge in [0, 0.05) is 19.3 Å². The van der Waals surface area contributed by atoms with Gasteiger partial charge in [0.05, 0.1) is 25.0 Å². The van der Waals surface area contributed by atoms with Crippen LogP contribution in [0.4, 0.5) is 0 Å². The predicted octanol–water partition coefficient (Wildman–Crippen LogP) is 2.35. The minimum Gasteiger partial charge on any atom is -0.497 e. The standard InChI is InChI=1S/C17H25N5O/c1-4-11-19-17(18-5-2)20-13-14-10-12-22(21-14)15-6-8-16(23-3)9-7-15/h6-10,12H,4-5,11,13H2,1-3H3,(H2,18,19,20). The van der Waals surface area contributed by atoms with Crippen molar-refractivity contribution in [3.8, 4) is 11.4 Å². The van der Waals surface area contributed by atoms with Crippen molar-refractivity contribution in [1.29, 1.82) is 0 Å². The van der Waals surface area contributed by atoms with E-state index in [-0.39, 0.29) is 0 Å². The van der Waals surface area contributed by atoms with Crippen LogP contribution in [0.5, 0.6) is 5.75 Å². The fraction of sp³-hybridized carbons (Fsp3) is 0.412. The number of ether oxygens (including phenoxy) is 1. The highest BCUT2D eigenvalue weighted by Crippen LogP contribution is 2.14. The SMILES string of the molecule is CCCNC(=NCc1ccn(-c2ccc(OC)cc2)n1)NCC. The first-order chi connectivity index (χ1) is 11.3. The quantitative estimate of drug-likeness (QED) is 0.608. The number of hydrogen-bond donors (Lipinski definition) is 2. The van der Waals surface area contributed by atoms with Crippen molar-refractivity contribution >= 4 is 5.96 Å². The first-order valence-electron chi connectivity index (χ1n) is 7.98. The number of benzene rings is 1. The average molecular weight is 315 g/mol. The average Bonchev–Trinajstić information content (AvgIpc) is 3.06. The van der Waals surface area contributed by atoms with Crippen LogP contribution < -0.4 is 15.4 Å². The van der Waals surface area contributed by atoms with Crippen LogP contribution in [0.2, 0.25) is 0 Å². The molecule has 0 radical (unpaired) electrons. The van der Waals surface area contributed by atoms with Crippen molar-refractivity contribution in [3.05, 3.63) is 42.2 Å². The first-order valence-corrected chi connectivity index (χ1v) is 7.98. The summed E-state index contributed by atoms with van der Waals surface area (Å²) >= 11 is 0. The van der Waals surface area contributed by atoms with E-state index in [9.17, 15) is 0 Å². The second-order valence-electron chi connectivity index (χ2n) is 5.07. The maximum Gasteiger partial charge on any atom is 0.191 e. The van der Waals surface area contributed by atoms with Gasteiger partial charge in [-0.1, -0.05) is 6.92 Å². The molecule has 0 spiro atoms. The molecular formula is C17H25N5O. The Morgan fingerprint density at radius 2 is 1.96 bits per heavy atom. The second-order valence-corrected chi connectivity index (χ2v) is 5.07. The van der Waals surface area contributed by atoms with Gasteiger partial charge in [-0.15, -0.1) is 0 Å². The molecule has 0 saturated heterocycles. The summed E-state index contributed by atoms with van der Waals surface area (Å²) in [5, 5.41) is 11.1. The summed E-state index contributed by atoms with van der Waals surface area (Å²) in [4.78, 5) is 4.55. The normalized spacial score (nSPS) is 11.3. The zero-order valence-corrected chi connectivity index (χ0v) is 14.0. The molecular weight excluding hydrogens is 290 g/mol. The molecule has 0 aliphatic carbocycles. The molecule has 2 aromatic rings. The molecule has 0 amide bonds. The van der Waals surface area contributed by atoms with Gasteiger partial charge in [0.2, 0.25) is 0 Å². The Morgan fingerprint density at radius 1 is 1.17 bits per heavy atom. The molecule has 0 saturated carbocycles. The first kappa shape index (κ1) is 16.9. The highest BCUT2D eigenvalue weighted by atomic mass is 16.5. The molecule has 1 aromatic carbocycles. The van der Waals surface area contributed by atoms with Crippen LogP contribution >= 0.6 is 0 Å². The lowest BCUT2D eigenvalue weighted by atomic mass is 10.3. The van der Waals surface area contributed by atoms with E-state index >= 15 is 0 Å². The van der Waals surface area contributed by atoms with Gasteiger partial charge in [-0.25, -0.2) is 9.67 Å². The number of nitrogens with one attached hydrogen (secondary N) is 2. The topological polar surface area (TPSA) is 63.5 Å². The van der Waals surface area contributed by atoms with Crippen LogP contribution in [0.25, 0.3) is 5.69 Å². The molecule has 0 bridgehead atoms. The van der Waals surface area contributed by atoms with Gasteiger partial charge in [0.1, 0.15) is 5.75 Å². The predicted molar refractivity (Wildman–Crippen MR) is 93.2 cm³/mol. The van der Waals surface area contributed by atoms with Crippen LogP contribution in [0.15, 0.2) is 41.5 Å². The minimum atomic E-state index is 0.544. The van der Waals surface area contributed by atoms with Crippen LogP contribution in [0, 0.1) is 0 Å². The monoisotopic (exact) mass is 315 g/mol. The van der Waals surface area contributed by atoms with E-state index in [1.807, 2.05) is 41.2 Å². The number of rotatable bonds is 7. The van der Waals surface area contributed by atoms with Crippen molar-refractivity contribution in [2.24, 2.45) is 4.99 Å². The number of nitrogens with zero attached hydrogens (tertiary/aromatic N) is 3. The van der Waals surface area contributed by atoms with E-state index in [4.69, 9.17) is 4.74 Å². The zero-order valence-electron chi connectivity index (χ0n) is 14.0. The third-order valence-corrected chi connectivity index (χ3v) is 3.27. The van der Waals surface area contributed by atoms with Crippen molar-refractivity contribution in [1.82, 2.24) is 20.4 Å². The zero-order chi connectivity index (χ0) is 16.5. The molecule has 2 rings (SSSR count). The van der Waals surface area contributed by atoms with Crippen LogP contribution in [-0.2, 0) is 6.54 Å². The maximum atomic E-state index is 5.17. The summed E-state index contributed by atoms with van der Waals surface area (Å²) in [7, 11) is 1.66. The van der Waals surface area contributed by atoms with E-state index in [0.717, 1.165) is 42.6 Å². The Hall–Kier alpha value is -2.50. The van der Waals surface area contributed by atoms with E-state index in [1.54, 1.807) is 7.11 Å². The Labute approximate surface area is 137 Å². The molecule has 23 heavy (non-hydrogen) atoms. The van der Waals surface area contributed by atoms with E-state index in [0.29, 0.717) is 6.54 Å². The van der Waals surface area contributed by atoms with Crippen molar-refractivity contribution in [2.75, 3.05) is 20.2 Å². The fourth-order valence-electron chi connectivity index (χ4n) is 2.07. The molecule has 2 N–H and O–H groups in total. The van der Waals surface area contributed by atoms with E-state index < -0.39 is 0 Å². The number of hydrogen-bond acceptors (Lipinski definition) is 3. The van der Waals surface area contributed by atoms with Gasteiger partial charge in [-0.2, -0.15) is 5.10 Å². The highest BCUT2D eigenvalue weighted by molar-refractivity contribution is 5.79. The maximum absolute atomic E-state index is 5.17. The molecule has 0 atom stereocenters. The molecule has 0 unspecified atom stereocenters. The van der Waals surface area contributed by atoms with E-state index in [1.165, 1.54) is 0 Å². The lowest BCUT2D eigenvalue weighted by Gasteiger charge is -2.09. The fourth-order valence-corrected chi connectivity index (χ4v) is 2.07. The van der Waals surface area contributed by atoms with Gasteiger partial charge in [-0.05, 0) is 43.7 Å². The summed E-state index contributed by atoms with van der Waals surface area (Å²) in [6.45, 7) is 6.48. The summed E-state index contributed by atoms with van der Waals surface area (Å²) in [6, 6.07) is 9.79. The van der Waals surface area contributed by atoms with Gasteiger partial charge >= 0.3 is 0 Å². The molecule has 6 heteroatoms. The molecule has 1 aromatic heterocycles. The molecule has 1 heterocycles. The van der Waals surface area contributed by atoms with Crippen molar-refractivity contribution in [2.45, 2.75) is 26.8 Å². The van der Waals surface area contributed by atoms with Gasteiger partial charge in [0.15, 0.2) is 5.96 Å². The third kappa shape index (κ3) is 5.02. The highest BCUT2D eigenvalue weighted by Gasteiger charge is 2.02. The van der Waals surface area contributed by atoms with Gasteiger partial charge in [0.25, 0.3) is 0 Å². The summed E-state index contributed by atoms with van der Waals surface area (Å²) in [6.07, 6.45) is 3.01. The van der Waals surface area contributed by atoms with Crippen LogP contribution in [0.1, 0.15) is 26.0 Å². The Balaban J connectivity index is 2.02. The summed E-state index contributed by atoms with van der Waals surface area (Å²) in [5.74, 6) is 1.66. The molecule has 0 aliphatic heterocycles. The van der Waals surface area contributed by atoms with Gasteiger partial charge in [-0.3, -0.25) is 0 Å². The second kappa shape index (κ2) is 8.82. The molecule has 0 aliphatic rings. The smallest absolute Gasteiger partial charge is 0.191 e. The Bertz CT molecular complexity index is 618. The Morgan fingerprint density at radius 3 is 2.61 bits per heavy atom. The van der Waals surface area contributed by atoms with Gasteiger partial charge < -0.3 is 15.4 Å². The third-order valence-electron chi connectivity index (χ3n) is 3.27. The van der Waals surface area contributed by atoms with Crippen molar-refractivity contribution in [3.63, 3.8) is 0 Å².